The molecule has 1 aromatic carbocycles. The summed E-state index contributed by atoms with van der Waals surface area (Å²) in [5.74, 6) is 1.23. The summed E-state index contributed by atoms with van der Waals surface area (Å²) in [5.41, 5.74) is 2.42. The van der Waals surface area contributed by atoms with E-state index in [1.807, 2.05) is 22.6 Å². The molecule has 1 aromatic heterocycles. The van der Waals surface area contributed by atoms with Gasteiger partial charge in [-0.25, -0.2) is 0 Å². The summed E-state index contributed by atoms with van der Waals surface area (Å²) in [6, 6.07) is 12.3. The van der Waals surface area contributed by atoms with Crippen LogP contribution in [0, 0.1) is 0 Å². The minimum atomic E-state index is -0.0784. The molecule has 2 heterocycles. The van der Waals surface area contributed by atoms with Gasteiger partial charge in [0.2, 0.25) is 0 Å². The highest BCUT2D eigenvalue weighted by Gasteiger charge is 2.16. The smallest absolute Gasteiger partial charge is 0.180 e. The maximum Gasteiger partial charge on any atom is 0.180 e. The Balaban J connectivity index is 2.26. The van der Waals surface area contributed by atoms with E-state index in [4.69, 9.17) is 9.47 Å². The number of rotatable bonds is 2. The van der Waals surface area contributed by atoms with Gasteiger partial charge in [-0.15, -0.1) is 0 Å². The van der Waals surface area contributed by atoms with E-state index >= 15 is 0 Å². The average Bonchev–Trinajstić information content (AvgIpc) is 2.60. The van der Waals surface area contributed by atoms with Crippen LogP contribution in [0.3, 0.4) is 0 Å². The molecule has 0 bridgehead atoms. The first-order valence-corrected chi connectivity index (χ1v) is 7.45. The third-order valence-corrected chi connectivity index (χ3v) is 4.26. The zero-order valence-corrected chi connectivity index (χ0v) is 13.2. The minimum Gasteiger partial charge on any atom is -0.506 e. The molecule has 2 aliphatic rings. The lowest BCUT2D eigenvalue weighted by molar-refractivity contribution is 0.396. The van der Waals surface area contributed by atoms with Gasteiger partial charge in [-0.1, -0.05) is 6.07 Å². The first-order valence-electron chi connectivity index (χ1n) is 7.45. The standard InChI is InChI=1S/C19H15NO4/c1-23-13-8-14-15-6-4-11-3-5-12(21)7-16(11)20(15)10-17(22)19(14)18(9-13)24-2/h3-10,22H,1-2H3. The van der Waals surface area contributed by atoms with Crippen molar-refractivity contribution in [3.05, 3.63) is 58.9 Å². The normalized spacial score (nSPS) is 11.2. The van der Waals surface area contributed by atoms with Gasteiger partial charge in [0.25, 0.3) is 0 Å². The second-order valence-corrected chi connectivity index (χ2v) is 5.58. The first-order chi connectivity index (χ1) is 11.6. The molecule has 1 aliphatic carbocycles. The van der Waals surface area contributed by atoms with Crippen LogP contribution in [-0.4, -0.2) is 23.7 Å². The number of fused-ring (bicyclic) bond motifs is 5. The van der Waals surface area contributed by atoms with E-state index in [2.05, 4.69) is 0 Å². The fraction of sp³-hybridized carbons (Fsp3) is 0.105. The van der Waals surface area contributed by atoms with Crippen LogP contribution in [0.5, 0.6) is 17.2 Å². The number of aromatic hydroxyl groups is 1. The van der Waals surface area contributed by atoms with Gasteiger partial charge in [0.05, 0.1) is 37.0 Å². The zero-order chi connectivity index (χ0) is 16.8. The van der Waals surface area contributed by atoms with Crippen LogP contribution in [0.1, 0.15) is 0 Å². The molecule has 2 aromatic rings. The molecule has 0 radical (unpaired) electrons. The van der Waals surface area contributed by atoms with E-state index in [-0.39, 0.29) is 11.2 Å². The van der Waals surface area contributed by atoms with Crippen molar-refractivity contribution in [2.45, 2.75) is 0 Å². The lowest BCUT2D eigenvalue weighted by Crippen LogP contribution is -2.04. The van der Waals surface area contributed by atoms with Crippen molar-refractivity contribution in [1.82, 2.24) is 4.40 Å². The third-order valence-electron chi connectivity index (χ3n) is 4.26. The molecule has 24 heavy (non-hydrogen) atoms. The van der Waals surface area contributed by atoms with Crippen molar-refractivity contribution in [2.75, 3.05) is 14.2 Å². The predicted molar refractivity (Wildman–Crippen MR) is 92.6 cm³/mol. The second-order valence-electron chi connectivity index (χ2n) is 5.58. The van der Waals surface area contributed by atoms with Crippen LogP contribution in [0.4, 0.5) is 0 Å². The Hall–Kier alpha value is -3.21. The SMILES string of the molecule is COc1cc(OC)c2c(O)cn3c4cc(=O)ccc-4ccc3c2c1. The predicted octanol–water partition coefficient (Wildman–Crippen LogP) is 3.28. The molecule has 4 rings (SSSR count). The lowest BCUT2D eigenvalue weighted by atomic mass is 10.0. The topological polar surface area (TPSA) is 60.2 Å². The highest BCUT2D eigenvalue weighted by molar-refractivity contribution is 6.04. The highest BCUT2D eigenvalue weighted by atomic mass is 16.5. The monoisotopic (exact) mass is 321 g/mol. The Morgan fingerprint density at radius 2 is 1.79 bits per heavy atom. The van der Waals surface area contributed by atoms with Crippen LogP contribution in [0.25, 0.3) is 27.5 Å². The van der Waals surface area contributed by atoms with Crippen LogP contribution in [-0.2, 0) is 0 Å². The van der Waals surface area contributed by atoms with Crippen LogP contribution >= 0.6 is 0 Å². The Labute approximate surface area is 137 Å². The van der Waals surface area contributed by atoms with Gasteiger partial charge in [0.1, 0.15) is 17.2 Å². The number of hydrogen-bond acceptors (Lipinski definition) is 4. The molecule has 0 amide bonds. The lowest BCUT2D eigenvalue weighted by Gasteiger charge is -2.17. The van der Waals surface area contributed by atoms with Crippen LogP contribution in [0.15, 0.2) is 53.5 Å². The number of pyridine rings is 2. The van der Waals surface area contributed by atoms with Crippen LogP contribution in [0.2, 0.25) is 0 Å². The van der Waals surface area contributed by atoms with Gasteiger partial charge in [-0.2, -0.15) is 0 Å². The average molecular weight is 321 g/mol. The maximum absolute atomic E-state index is 11.8. The van der Waals surface area contributed by atoms with Gasteiger partial charge in [-0.3, -0.25) is 4.79 Å². The van der Waals surface area contributed by atoms with Crippen molar-refractivity contribution >= 4 is 16.3 Å². The van der Waals surface area contributed by atoms with Gasteiger partial charge in [0, 0.05) is 17.5 Å². The molecule has 0 saturated heterocycles. The van der Waals surface area contributed by atoms with Crippen LogP contribution < -0.4 is 14.9 Å². The van der Waals surface area contributed by atoms with E-state index in [1.165, 1.54) is 6.07 Å². The molecule has 1 aliphatic heterocycles. The first kappa shape index (κ1) is 14.4. The van der Waals surface area contributed by atoms with Crippen molar-refractivity contribution in [3.63, 3.8) is 0 Å². The summed E-state index contributed by atoms with van der Waals surface area (Å²) in [6.45, 7) is 0. The van der Waals surface area contributed by atoms with E-state index in [9.17, 15) is 9.90 Å². The summed E-state index contributed by atoms with van der Waals surface area (Å²) >= 11 is 0. The summed E-state index contributed by atoms with van der Waals surface area (Å²) in [7, 11) is 3.13. The van der Waals surface area contributed by atoms with Gasteiger partial charge >= 0.3 is 0 Å². The van der Waals surface area contributed by atoms with Gasteiger partial charge in [-0.05, 0) is 29.8 Å². The molecule has 0 saturated carbocycles. The molecule has 5 nitrogen and oxygen atoms in total. The van der Waals surface area contributed by atoms with Gasteiger partial charge < -0.3 is 19.0 Å². The summed E-state index contributed by atoms with van der Waals surface area (Å²) < 4.78 is 12.6. The number of methoxy groups -OCH3 is 2. The van der Waals surface area contributed by atoms with Crippen molar-refractivity contribution in [2.24, 2.45) is 0 Å². The van der Waals surface area contributed by atoms with E-state index < -0.39 is 0 Å². The summed E-state index contributed by atoms with van der Waals surface area (Å²) in [6.07, 6.45) is 1.61. The molecule has 5 heteroatoms. The number of ether oxygens (including phenoxy) is 2. The highest BCUT2D eigenvalue weighted by Crippen LogP contribution is 2.40. The quantitative estimate of drug-likeness (QED) is 0.576. The molecular formula is C19H15NO4. The fourth-order valence-corrected chi connectivity index (χ4v) is 3.13. The van der Waals surface area contributed by atoms with Gasteiger partial charge in [0.15, 0.2) is 5.43 Å². The molecule has 0 atom stereocenters. The van der Waals surface area contributed by atoms with E-state index in [0.29, 0.717) is 16.9 Å². The molecule has 1 N–H and O–H groups in total. The molecular weight excluding hydrogens is 306 g/mol. The van der Waals surface area contributed by atoms with E-state index in [1.54, 1.807) is 38.6 Å². The number of nitrogens with zero attached hydrogens (tertiary/aromatic N) is 1. The summed E-state index contributed by atoms with van der Waals surface area (Å²) in [4.78, 5) is 11.8. The number of benzene rings is 2. The zero-order valence-electron chi connectivity index (χ0n) is 13.2. The number of hydrogen-bond donors (Lipinski definition) is 1. The van der Waals surface area contributed by atoms with Crippen molar-refractivity contribution < 1.29 is 14.6 Å². The van der Waals surface area contributed by atoms with E-state index in [0.717, 1.165) is 22.2 Å². The fourth-order valence-electron chi connectivity index (χ4n) is 3.13. The van der Waals surface area contributed by atoms with Crippen molar-refractivity contribution in [3.8, 4) is 28.5 Å². The Kier molecular flexibility index (Phi) is 3.09. The molecule has 0 spiro atoms. The Morgan fingerprint density at radius 3 is 2.54 bits per heavy atom. The second kappa shape index (κ2) is 5.16. The minimum absolute atomic E-state index is 0.0748. The Bertz CT molecular complexity index is 1110. The maximum atomic E-state index is 11.8. The molecule has 0 unspecified atom stereocenters. The molecule has 120 valence electrons. The Morgan fingerprint density at radius 1 is 1.00 bits per heavy atom. The molecule has 0 fully saturated rings. The van der Waals surface area contributed by atoms with Crippen molar-refractivity contribution in [1.29, 1.82) is 0 Å². The third kappa shape index (κ3) is 1.98. The number of aromatic nitrogens is 1. The summed E-state index contributed by atoms with van der Waals surface area (Å²) in [5, 5.41) is 11.9. The largest absolute Gasteiger partial charge is 0.506 e.